The van der Waals surface area contributed by atoms with E-state index in [0.717, 1.165) is 32.5 Å². The highest BCUT2D eigenvalue weighted by Crippen LogP contribution is 2.34. The molecule has 0 amide bonds. The van der Waals surface area contributed by atoms with Gasteiger partial charge < -0.3 is 19.3 Å². The van der Waals surface area contributed by atoms with Gasteiger partial charge >= 0.3 is 5.97 Å². The molecule has 0 saturated carbocycles. The molecule has 0 aromatic carbocycles. The normalized spacial score (nSPS) is 35.0. The molecule has 5 heteroatoms. The van der Waals surface area contributed by atoms with Crippen molar-refractivity contribution >= 4 is 5.97 Å². The molecule has 98 valence electrons. The summed E-state index contributed by atoms with van der Waals surface area (Å²) in [5, 5.41) is 8.71. The fraction of sp³-hybridized carbons (Fsp3) is 0.917. The molecule has 2 aliphatic rings. The van der Waals surface area contributed by atoms with Crippen LogP contribution in [0.2, 0.25) is 0 Å². The van der Waals surface area contributed by atoms with Gasteiger partial charge in [0.1, 0.15) is 0 Å². The Kier molecular flexibility index (Phi) is 4.01. The van der Waals surface area contributed by atoms with Crippen LogP contribution in [-0.2, 0) is 19.0 Å². The molecule has 2 unspecified atom stereocenters. The first-order valence-corrected chi connectivity index (χ1v) is 6.19. The minimum atomic E-state index is -0.839. The zero-order chi connectivity index (χ0) is 12.3. The van der Waals surface area contributed by atoms with Crippen molar-refractivity contribution in [1.29, 1.82) is 0 Å². The fourth-order valence-electron chi connectivity index (χ4n) is 2.57. The van der Waals surface area contributed by atoms with E-state index in [1.54, 1.807) is 0 Å². The molecule has 0 bridgehead atoms. The molecule has 0 aromatic rings. The average molecular weight is 244 g/mol. The standard InChI is InChI=1S/C12H20O5/c1-12(7-9-2-4-15-5-3-9)16-8-10(17-12)6-11(13)14/h9-10H,2-8H2,1H3,(H,13,14). The summed E-state index contributed by atoms with van der Waals surface area (Å²) in [6, 6.07) is 0. The largest absolute Gasteiger partial charge is 0.481 e. The van der Waals surface area contributed by atoms with Gasteiger partial charge in [0.2, 0.25) is 0 Å². The molecule has 2 aliphatic heterocycles. The Hall–Kier alpha value is -0.650. The maximum absolute atomic E-state index is 10.6. The number of carboxylic acid groups (broad SMARTS) is 1. The van der Waals surface area contributed by atoms with Crippen LogP contribution in [0.5, 0.6) is 0 Å². The maximum Gasteiger partial charge on any atom is 0.306 e. The Morgan fingerprint density at radius 3 is 2.76 bits per heavy atom. The van der Waals surface area contributed by atoms with Crippen molar-refractivity contribution in [2.24, 2.45) is 5.92 Å². The molecule has 2 heterocycles. The molecule has 0 aliphatic carbocycles. The van der Waals surface area contributed by atoms with Gasteiger partial charge in [-0.3, -0.25) is 4.79 Å². The van der Waals surface area contributed by atoms with E-state index in [9.17, 15) is 4.79 Å². The van der Waals surface area contributed by atoms with Crippen LogP contribution in [0.1, 0.15) is 32.6 Å². The topological polar surface area (TPSA) is 65.0 Å². The molecular weight excluding hydrogens is 224 g/mol. The van der Waals surface area contributed by atoms with E-state index in [-0.39, 0.29) is 12.5 Å². The lowest BCUT2D eigenvalue weighted by Crippen LogP contribution is -2.32. The monoisotopic (exact) mass is 244 g/mol. The number of rotatable bonds is 4. The van der Waals surface area contributed by atoms with Gasteiger partial charge in [-0.25, -0.2) is 0 Å². The summed E-state index contributed by atoms with van der Waals surface area (Å²) in [6.45, 7) is 3.90. The molecule has 2 rings (SSSR count). The van der Waals surface area contributed by atoms with Gasteiger partial charge in [-0.15, -0.1) is 0 Å². The Labute approximate surface area is 101 Å². The van der Waals surface area contributed by atoms with Gasteiger partial charge in [0.05, 0.1) is 19.1 Å². The highest BCUT2D eigenvalue weighted by atomic mass is 16.7. The Bertz CT molecular complexity index is 274. The summed E-state index contributed by atoms with van der Waals surface area (Å²) < 4.78 is 16.7. The Balaban J connectivity index is 1.81. The fourth-order valence-corrected chi connectivity index (χ4v) is 2.57. The number of hydrogen-bond donors (Lipinski definition) is 1. The van der Waals surface area contributed by atoms with E-state index in [1.807, 2.05) is 6.92 Å². The van der Waals surface area contributed by atoms with E-state index < -0.39 is 11.8 Å². The highest BCUT2D eigenvalue weighted by molar-refractivity contribution is 5.67. The van der Waals surface area contributed by atoms with E-state index in [1.165, 1.54) is 0 Å². The van der Waals surface area contributed by atoms with Crippen molar-refractivity contribution in [2.45, 2.75) is 44.5 Å². The SMILES string of the molecule is CC1(CC2CCOCC2)OCC(CC(=O)O)O1. The predicted molar refractivity (Wildman–Crippen MR) is 59.6 cm³/mol. The molecule has 2 saturated heterocycles. The van der Waals surface area contributed by atoms with Crippen LogP contribution in [0.15, 0.2) is 0 Å². The minimum Gasteiger partial charge on any atom is -0.481 e. The predicted octanol–water partition coefficient (Wildman–Crippen LogP) is 1.41. The maximum atomic E-state index is 10.6. The summed E-state index contributed by atoms with van der Waals surface area (Å²) >= 11 is 0. The molecule has 17 heavy (non-hydrogen) atoms. The third-order valence-corrected chi connectivity index (χ3v) is 3.39. The average Bonchev–Trinajstić information content (AvgIpc) is 2.60. The molecular formula is C12H20O5. The van der Waals surface area contributed by atoms with Crippen molar-refractivity contribution in [3.63, 3.8) is 0 Å². The van der Waals surface area contributed by atoms with Crippen molar-refractivity contribution < 1.29 is 24.1 Å². The first-order valence-electron chi connectivity index (χ1n) is 6.19. The van der Waals surface area contributed by atoms with Gasteiger partial charge in [-0.05, 0) is 25.7 Å². The van der Waals surface area contributed by atoms with Crippen LogP contribution >= 0.6 is 0 Å². The van der Waals surface area contributed by atoms with Crippen LogP contribution in [-0.4, -0.2) is 42.8 Å². The molecule has 2 fully saturated rings. The van der Waals surface area contributed by atoms with E-state index >= 15 is 0 Å². The number of carboxylic acids is 1. The van der Waals surface area contributed by atoms with Crippen LogP contribution in [0.25, 0.3) is 0 Å². The number of ether oxygens (including phenoxy) is 3. The first-order chi connectivity index (χ1) is 8.07. The second-order valence-electron chi connectivity index (χ2n) is 5.04. The Morgan fingerprint density at radius 1 is 1.41 bits per heavy atom. The highest BCUT2D eigenvalue weighted by Gasteiger charge is 2.39. The molecule has 1 N–H and O–H groups in total. The minimum absolute atomic E-state index is 0.0172. The second kappa shape index (κ2) is 5.33. The molecule has 5 nitrogen and oxygen atoms in total. The summed E-state index contributed by atoms with van der Waals surface area (Å²) in [6.07, 6.45) is 2.60. The van der Waals surface area contributed by atoms with Gasteiger partial charge in [-0.1, -0.05) is 0 Å². The van der Waals surface area contributed by atoms with E-state index in [0.29, 0.717) is 12.5 Å². The number of hydrogen-bond acceptors (Lipinski definition) is 4. The quantitative estimate of drug-likeness (QED) is 0.810. The van der Waals surface area contributed by atoms with Crippen LogP contribution in [0, 0.1) is 5.92 Å². The lowest BCUT2D eigenvalue weighted by Gasteiger charge is -2.30. The summed E-state index contributed by atoms with van der Waals surface area (Å²) in [7, 11) is 0. The third-order valence-electron chi connectivity index (χ3n) is 3.39. The summed E-state index contributed by atoms with van der Waals surface area (Å²) in [5.41, 5.74) is 0. The van der Waals surface area contributed by atoms with Crippen molar-refractivity contribution in [3.05, 3.63) is 0 Å². The number of carbonyl (C=O) groups is 1. The molecule has 2 atom stereocenters. The summed E-state index contributed by atoms with van der Waals surface area (Å²) in [4.78, 5) is 10.6. The van der Waals surface area contributed by atoms with Crippen LogP contribution in [0.4, 0.5) is 0 Å². The molecule has 0 aromatic heterocycles. The lowest BCUT2D eigenvalue weighted by atomic mass is 9.92. The zero-order valence-corrected chi connectivity index (χ0v) is 10.2. The van der Waals surface area contributed by atoms with Gasteiger partial charge in [0.25, 0.3) is 0 Å². The van der Waals surface area contributed by atoms with Crippen molar-refractivity contribution in [1.82, 2.24) is 0 Å². The summed E-state index contributed by atoms with van der Waals surface area (Å²) in [5.74, 6) is -0.895. The van der Waals surface area contributed by atoms with Crippen molar-refractivity contribution in [2.75, 3.05) is 19.8 Å². The lowest BCUT2D eigenvalue weighted by molar-refractivity contribution is -0.173. The first kappa shape index (κ1) is 12.8. The second-order valence-corrected chi connectivity index (χ2v) is 5.04. The van der Waals surface area contributed by atoms with E-state index in [4.69, 9.17) is 19.3 Å². The molecule has 0 spiro atoms. The third kappa shape index (κ3) is 3.66. The zero-order valence-electron chi connectivity index (χ0n) is 10.2. The van der Waals surface area contributed by atoms with Gasteiger partial charge in [-0.2, -0.15) is 0 Å². The van der Waals surface area contributed by atoms with Gasteiger partial charge in [0.15, 0.2) is 5.79 Å². The smallest absolute Gasteiger partial charge is 0.306 e. The van der Waals surface area contributed by atoms with Gasteiger partial charge in [0, 0.05) is 19.6 Å². The number of aliphatic carboxylic acids is 1. The van der Waals surface area contributed by atoms with Crippen molar-refractivity contribution in [3.8, 4) is 0 Å². The molecule has 0 radical (unpaired) electrons. The Morgan fingerprint density at radius 2 is 2.12 bits per heavy atom. The van der Waals surface area contributed by atoms with E-state index in [2.05, 4.69) is 0 Å². The van der Waals surface area contributed by atoms with Crippen LogP contribution < -0.4 is 0 Å². The van der Waals surface area contributed by atoms with Crippen LogP contribution in [0.3, 0.4) is 0 Å².